The number of benzene rings is 1. The molecule has 0 radical (unpaired) electrons. The van der Waals surface area contributed by atoms with Crippen LogP contribution in [-0.4, -0.2) is 36.8 Å². The monoisotopic (exact) mass is 321 g/mol. The van der Waals surface area contributed by atoms with E-state index in [4.69, 9.17) is 0 Å². The average molecular weight is 321 g/mol. The van der Waals surface area contributed by atoms with Crippen molar-refractivity contribution in [2.45, 2.75) is 13.5 Å². The van der Waals surface area contributed by atoms with Crippen LogP contribution in [0, 0.1) is 0 Å². The van der Waals surface area contributed by atoms with E-state index in [1.807, 2.05) is 48.5 Å². The Hall–Kier alpha value is -3.42. The van der Waals surface area contributed by atoms with E-state index in [1.54, 1.807) is 13.1 Å². The summed E-state index contributed by atoms with van der Waals surface area (Å²) in [5.41, 5.74) is 4.61. The molecule has 0 saturated heterocycles. The summed E-state index contributed by atoms with van der Waals surface area (Å²) in [6.45, 7) is 1.70. The molecule has 0 saturated carbocycles. The van der Waals surface area contributed by atoms with Gasteiger partial charge in [-0.15, -0.1) is 10.2 Å². The van der Waals surface area contributed by atoms with Crippen molar-refractivity contribution in [1.29, 1.82) is 0 Å². The second-order valence-corrected chi connectivity index (χ2v) is 4.96. The van der Waals surface area contributed by atoms with Gasteiger partial charge in [0.1, 0.15) is 6.54 Å². The Labute approximate surface area is 138 Å². The maximum absolute atomic E-state index is 11.9. The Morgan fingerprint density at radius 2 is 1.96 bits per heavy atom. The highest BCUT2D eigenvalue weighted by Crippen LogP contribution is 2.11. The second-order valence-electron chi connectivity index (χ2n) is 4.96. The quantitative estimate of drug-likeness (QED) is 0.564. The molecule has 0 bridgehead atoms. The molecule has 1 aromatic carbocycles. The van der Waals surface area contributed by atoms with Gasteiger partial charge in [0.15, 0.2) is 0 Å². The number of hydrogen-bond donors (Lipinski definition) is 1. The molecule has 1 amide bonds. The van der Waals surface area contributed by atoms with Crippen LogP contribution < -0.4 is 5.43 Å². The number of aromatic nitrogens is 5. The number of nitrogens with one attached hydrogen (secondary N) is 1. The van der Waals surface area contributed by atoms with Gasteiger partial charge in [0.05, 0.1) is 11.4 Å². The summed E-state index contributed by atoms with van der Waals surface area (Å²) in [7, 11) is 0. The maximum Gasteiger partial charge on any atom is 0.263 e. The smallest absolute Gasteiger partial charge is 0.263 e. The molecule has 8 nitrogen and oxygen atoms in total. The SMILES string of the molecule is C/C(=N/NC(=O)Cn1nnc(-c2ccccc2)n1)c1ccccn1. The summed E-state index contributed by atoms with van der Waals surface area (Å²) in [6, 6.07) is 14.9. The fraction of sp³-hybridized carbons (Fsp3) is 0.125. The highest BCUT2D eigenvalue weighted by Gasteiger charge is 2.09. The summed E-state index contributed by atoms with van der Waals surface area (Å²) in [6.07, 6.45) is 1.67. The second kappa shape index (κ2) is 7.23. The van der Waals surface area contributed by atoms with Crippen LogP contribution in [-0.2, 0) is 11.3 Å². The number of hydrogen-bond acceptors (Lipinski definition) is 6. The van der Waals surface area contributed by atoms with E-state index in [9.17, 15) is 4.79 Å². The lowest BCUT2D eigenvalue weighted by Gasteiger charge is -2.01. The molecule has 120 valence electrons. The van der Waals surface area contributed by atoms with Gasteiger partial charge >= 0.3 is 0 Å². The molecule has 0 aliphatic rings. The van der Waals surface area contributed by atoms with E-state index >= 15 is 0 Å². The molecule has 3 rings (SSSR count). The minimum Gasteiger partial charge on any atom is -0.271 e. The highest BCUT2D eigenvalue weighted by molar-refractivity contribution is 5.97. The van der Waals surface area contributed by atoms with E-state index in [-0.39, 0.29) is 12.5 Å². The molecule has 0 fully saturated rings. The molecule has 1 N–H and O–H groups in total. The van der Waals surface area contributed by atoms with Crippen LogP contribution in [0.4, 0.5) is 0 Å². The van der Waals surface area contributed by atoms with Crippen LogP contribution in [0.3, 0.4) is 0 Å². The Morgan fingerprint density at radius 1 is 1.17 bits per heavy atom. The Balaban J connectivity index is 1.61. The Kier molecular flexibility index (Phi) is 4.66. The molecular formula is C16H15N7O. The van der Waals surface area contributed by atoms with Crippen LogP contribution >= 0.6 is 0 Å². The molecular weight excluding hydrogens is 306 g/mol. The number of carbonyl (C=O) groups excluding carboxylic acids is 1. The fourth-order valence-corrected chi connectivity index (χ4v) is 1.96. The predicted molar refractivity (Wildman–Crippen MR) is 87.8 cm³/mol. The predicted octanol–water partition coefficient (Wildman–Crippen LogP) is 1.28. The Morgan fingerprint density at radius 3 is 2.71 bits per heavy atom. The minimum absolute atomic E-state index is 0.0706. The van der Waals surface area contributed by atoms with Crippen molar-refractivity contribution >= 4 is 11.6 Å². The topological polar surface area (TPSA) is 98.0 Å². The van der Waals surface area contributed by atoms with Crippen LogP contribution in [0.2, 0.25) is 0 Å². The van der Waals surface area contributed by atoms with E-state index in [0.29, 0.717) is 17.2 Å². The molecule has 0 aliphatic carbocycles. The largest absolute Gasteiger partial charge is 0.271 e. The lowest BCUT2D eigenvalue weighted by Crippen LogP contribution is -2.25. The highest BCUT2D eigenvalue weighted by atomic mass is 16.2. The number of tetrazole rings is 1. The summed E-state index contributed by atoms with van der Waals surface area (Å²) >= 11 is 0. The van der Waals surface area contributed by atoms with Crippen molar-refractivity contribution in [1.82, 2.24) is 30.6 Å². The van der Waals surface area contributed by atoms with Gasteiger partial charge in [0, 0.05) is 11.8 Å². The van der Waals surface area contributed by atoms with Gasteiger partial charge in [0.2, 0.25) is 5.82 Å². The first-order valence-corrected chi connectivity index (χ1v) is 7.30. The lowest BCUT2D eigenvalue weighted by atomic mass is 10.2. The van der Waals surface area contributed by atoms with E-state index in [1.165, 1.54) is 4.80 Å². The number of nitrogens with zero attached hydrogens (tertiary/aromatic N) is 6. The van der Waals surface area contributed by atoms with Gasteiger partial charge in [-0.1, -0.05) is 36.4 Å². The normalized spacial score (nSPS) is 11.3. The third-order valence-electron chi connectivity index (χ3n) is 3.15. The zero-order valence-electron chi connectivity index (χ0n) is 13.0. The number of amides is 1. The van der Waals surface area contributed by atoms with Crippen LogP contribution in [0.25, 0.3) is 11.4 Å². The van der Waals surface area contributed by atoms with Crippen molar-refractivity contribution in [2.24, 2.45) is 5.10 Å². The molecule has 0 spiro atoms. The molecule has 24 heavy (non-hydrogen) atoms. The van der Waals surface area contributed by atoms with Gasteiger partial charge in [-0.2, -0.15) is 9.90 Å². The summed E-state index contributed by atoms with van der Waals surface area (Å²) < 4.78 is 0. The van der Waals surface area contributed by atoms with Crippen molar-refractivity contribution in [3.63, 3.8) is 0 Å². The number of carbonyl (C=O) groups is 1. The number of pyridine rings is 1. The third-order valence-corrected chi connectivity index (χ3v) is 3.15. The summed E-state index contributed by atoms with van der Waals surface area (Å²) in [4.78, 5) is 17.3. The van der Waals surface area contributed by atoms with Crippen LogP contribution in [0.5, 0.6) is 0 Å². The molecule has 3 aromatic rings. The van der Waals surface area contributed by atoms with Crippen LogP contribution in [0.1, 0.15) is 12.6 Å². The molecule has 2 heterocycles. The molecule has 8 heteroatoms. The van der Waals surface area contributed by atoms with Crippen molar-refractivity contribution in [3.8, 4) is 11.4 Å². The lowest BCUT2D eigenvalue weighted by molar-refractivity contribution is -0.122. The van der Waals surface area contributed by atoms with Crippen molar-refractivity contribution in [2.75, 3.05) is 0 Å². The third kappa shape index (κ3) is 3.86. The van der Waals surface area contributed by atoms with Gasteiger partial charge in [0.25, 0.3) is 5.91 Å². The molecule has 2 aromatic heterocycles. The van der Waals surface area contributed by atoms with Crippen LogP contribution in [0.15, 0.2) is 59.8 Å². The molecule has 0 aliphatic heterocycles. The molecule has 0 atom stereocenters. The van der Waals surface area contributed by atoms with E-state index < -0.39 is 0 Å². The maximum atomic E-state index is 11.9. The van der Waals surface area contributed by atoms with E-state index in [2.05, 4.69) is 30.9 Å². The zero-order chi connectivity index (χ0) is 16.8. The van der Waals surface area contributed by atoms with E-state index in [0.717, 1.165) is 5.56 Å². The standard InChI is InChI=1S/C16H15N7O/c1-12(14-9-5-6-10-17-14)18-19-15(24)11-23-21-16(20-22-23)13-7-3-2-4-8-13/h2-10H,11H2,1H3,(H,19,24)/b18-12-. The number of hydrazone groups is 1. The fourth-order valence-electron chi connectivity index (χ4n) is 1.96. The first-order valence-electron chi connectivity index (χ1n) is 7.30. The summed E-state index contributed by atoms with van der Waals surface area (Å²) in [5.74, 6) is 0.124. The van der Waals surface area contributed by atoms with Gasteiger partial charge in [-0.05, 0) is 24.3 Å². The first kappa shape index (κ1) is 15.5. The van der Waals surface area contributed by atoms with Gasteiger partial charge in [-0.25, -0.2) is 5.43 Å². The minimum atomic E-state index is -0.345. The number of rotatable bonds is 5. The Bertz CT molecular complexity index is 843. The van der Waals surface area contributed by atoms with Crippen molar-refractivity contribution < 1.29 is 4.79 Å². The summed E-state index contributed by atoms with van der Waals surface area (Å²) in [5, 5.41) is 16.0. The molecule has 0 unspecified atom stereocenters. The van der Waals surface area contributed by atoms with Gasteiger partial charge in [-0.3, -0.25) is 9.78 Å². The van der Waals surface area contributed by atoms with Crippen molar-refractivity contribution in [3.05, 3.63) is 60.4 Å². The average Bonchev–Trinajstić information content (AvgIpc) is 3.09. The van der Waals surface area contributed by atoms with Gasteiger partial charge < -0.3 is 0 Å². The first-order chi connectivity index (χ1) is 11.7. The zero-order valence-corrected chi connectivity index (χ0v) is 13.0.